The highest BCUT2D eigenvalue weighted by molar-refractivity contribution is 7.13. The lowest BCUT2D eigenvalue weighted by Crippen LogP contribution is -2.24. The third kappa shape index (κ3) is 3.23. The fourth-order valence-electron chi connectivity index (χ4n) is 2.13. The number of thiophene rings is 2. The van der Waals surface area contributed by atoms with Crippen LogP contribution in [0.4, 0.5) is 0 Å². The highest BCUT2D eigenvalue weighted by Crippen LogP contribution is 2.31. The van der Waals surface area contributed by atoms with Crippen molar-refractivity contribution in [1.82, 2.24) is 4.90 Å². The van der Waals surface area contributed by atoms with Crippen molar-refractivity contribution in [2.75, 3.05) is 0 Å². The van der Waals surface area contributed by atoms with Gasteiger partial charge in [-0.15, -0.1) is 22.7 Å². The van der Waals surface area contributed by atoms with E-state index in [0.717, 1.165) is 18.0 Å². The van der Waals surface area contributed by atoms with Crippen LogP contribution < -0.4 is 0 Å². The Hall–Kier alpha value is -1.17. The molecule has 2 heterocycles. The van der Waals surface area contributed by atoms with Gasteiger partial charge in [-0.25, -0.2) is 4.79 Å². The molecule has 1 N–H and O–H groups in total. The van der Waals surface area contributed by atoms with Crippen molar-refractivity contribution in [1.29, 1.82) is 0 Å². The Morgan fingerprint density at radius 2 is 2.05 bits per heavy atom. The van der Waals surface area contributed by atoms with Crippen LogP contribution in [0.2, 0.25) is 0 Å². The molecule has 0 radical (unpaired) electrons. The summed E-state index contributed by atoms with van der Waals surface area (Å²) < 4.78 is 0. The molecular weight excluding hydrogens is 278 g/mol. The van der Waals surface area contributed by atoms with Gasteiger partial charge in [-0.1, -0.05) is 6.07 Å². The molecule has 0 aromatic carbocycles. The summed E-state index contributed by atoms with van der Waals surface area (Å²) >= 11 is 3.17. The summed E-state index contributed by atoms with van der Waals surface area (Å²) in [7, 11) is 0. The van der Waals surface area contributed by atoms with Gasteiger partial charge in [-0.05, 0) is 36.4 Å². The topological polar surface area (TPSA) is 40.5 Å². The third-order valence-electron chi connectivity index (χ3n) is 3.23. The molecule has 100 valence electrons. The van der Waals surface area contributed by atoms with Crippen molar-refractivity contribution < 1.29 is 9.90 Å². The number of rotatable bonds is 6. The zero-order valence-corrected chi connectivity index (χ0v) is 12.0. The smallest absolute Gasteiger partial charge is 0.345 e. The summed E-state index contributed by atoms with van der Waals surface area (Å²) in [6, 6.07) is 8.57. The average molecular weight is 293 g/mol. The van der Waals surface area contributed by atoms with Crippen LogP contribution in [0.5, 0.6) is 0 Å². The molecule has 1 aliphatic rings. The van der Waals surface area contributed by atoms with Crippen LogP contribution in [0.3, 0.4) is 0 Å². The lowest BCUT2D eigenvalue weighted by molar-refractivity contribution is 0.0702. The summed E-state index contributed by atoms with van der Waals surface area (Å²) in [5.74, 6) is -0.826. The minimum atomic E-state index is -0.826. The lowest BCUT2D eigenvalue weighted by Gasteiger charge is -2.20. The molecule has 2 aromatic heterocycles. The van der Waals surface area contributed by atoms with Crippen molar-refractivity contribution in [3.63, 3.8) is 0 Å². The van der Waals surface area contributed by atoms with E-state index in [1.165, 1.54) is 29.1 Å². The molecule has 0 bridgehead atoms. The Morgan fingerprint density at radius 1 is 1.26 bits per heavy atom. The Kier molecular flexibility index (Phi) is 3.68. The molecule has 3 nitrogen and oxygen atoms in total. The molecule has 19 heavy (non-hydrogen) atoms. The Balaban J connectivity index is 1.68. The average Bonchev–Trinajstić information content (AvgIpc) is 2.90. The number of aromatic carboxylic acids is 1. The van der Waals surface area contributed by atoms with E-state index >= 15 is 0 Å². The number of nitrogens with zero attached hydrogens (tertiary/aromatic N) is 1. The lowest BCUT2D eigenvalue weighted by atomic mass is 10.3. The van der Waals surface area contributed by atoms with Gasteiger partial charge in [0.15, 0.2) is 0 Å². The molecule has 0 spiro atoms. The summed E-state index contributed by atoms with van der Waals surface area (Å²) in [5, 5.41) is 11.1. The fourth-order valence-corrected chi connectivity index (χ4v) is 3.74. The van der Waals surface area contributed by atoms with E-state index in [9.17, 15) is 4.79 Å². The third-order valence-corrected chi connectivity index (χ3v) is 5.15. The molecule has 0 unspecified atom stereocenters. The maximum atomic E-state index is 10.9. The normalized spacial score (nSPS) is 15.0. The van der Waals surface area contributed by atoms with Gasteiger partial charge in [-0.3, -0.25) is 4.90 Å². The number of hydrogen-bond donors (Lipinski definition) is 1. The minimum Gasteiger partial charge on any atom is -0.477 e. The second-order valence-corrected chi connectivity index (χ2v) is 6.99. The zero-order chi connectivity index (χ0) is 13.2. The van der Waals surface area contributed by atoms with E-state index in [1.807, 2.05) is 6.07 Å². The van der Waals surface area contributed by atoms with E-state index in [-0.39, 0.29) is 0 Å². The van der Waals surface area contributed by atoms with Crippen molar-refractivity contribution in [2.24, 2.45) is 0 Å². The summed E-state index contributed by atoms with van der Waals surface area (Å²) in [6.07, 6.45) is 2.53. The van der Waals surface area contributed by atoms with Gasteiger partial charge < -0.3 is 5.11 Å². The molecule has 0 amide bonds. The van der Waals surface area contributed by atoms with Crippen molar-refractivity contribution in [2.45, 2.75) is 32.0 Å². The Bertz CT molecular complexity index is 558. The predicted octanol–water partition coefficient (Wildman–Crippen LogP) is 3.67. The van der Waals surface area contributed by atoms with E-state index in [4.69, 9.17) is 5.11 Å². The molecule has 1 aliphatic carbocycles. The van der Waals surface area contributed by atoms with Crippen LogP contribution in [-0.2, 0) is 13.1 Å². The first-order chi connectivity index (χ1) is 9.22. The Labute approximate surface area is 120 Å². The molecule has 2 aromatic rings. The highest BCUT2D eigenvalue weighted by atomic mass is 32.1. The monoisotopic (exact) mass is 293 g/mol. The van der Waals surface area contributed by atoms with Crippen molar-refractivity contribution in [3.8, 4) is 0 Å². The maximum Gasteiger partial charge on any atom is 0.345 e. The standard InChI is InChI=1S/C14H15NO2S2/c16-14(17)13-6-5-12(19-13)9-15(10-3-4-10)8-11-2-1-7-18-11/h1-2,5-7,10H,3-4,8-9H2,(H,16,17). The molecule has 1 saturated carbocycles. The van der Waals surface area contributed by atoms with Crippen LogP contribution in [0.25, 0.3) is 0 Å². The molecular formula is C14H15NO2S2. The fraction of sp³-hybridized carbons (Fsp3) is 0.357. The second kappa shape index (κ2) is 5.45. The molecule has 3 rings (SSSR count). The molecule has 0 saturated heterocycles. The van der Waals surface area contributed by atoms with Crippen LogP contribution in [0, 0.1) is 0 Å². The summed E-state index contributed by atoms with van der Waals surface area (Å²) in [5.41, 5.74) is 0. The summed E-state index contributed by atoms with van der Waals surface area (Å²) in [6.45, 7) is 1.84. The highest BCUT2D eigenvalue weighted by Gasteiger charge is 2.29. The number of hydrogen-bond acceptors (Lipinski definition) is 4. The van der Waals surface area contributed by atoms with Gasteiger partial charge in [0.2, 0.25) is 0 Å². The quantitative estimate of drug-likeness (QED) is 0.883. The van der Waals surface area contributed by atoms with Crippen LogP contribution in [0.1, 0.15) is 32.3 Å². The first-order valence-corrected chi connectivity index (χ1v) is 8.00. The van der Waals surface area contributed by atoms with Gasteiger partial charge in [-0.2, -0.15) is 0 Å². The Morgan fingerprint density at radius 3 is 2.63 bits per heavy atom. The molecule has 0 atom stereocenters. The van der Waals surface area contributed by atoms with Gasteiger partial charge in [0, 0.05) is 28.9 Å². The van der Waals surface area contributed by atoms with Gasteiger partial charge in [0.1, 0.15) is 4.88 Å². The van der Waals surface area contributed by atoms with Crippen molar-refractivity contribution >= 4 is 28.6 Å². The van der Waals surface area contributed by atoms with Crippen LogP contribution >= 0.6 is 22.7 Å². The zero-order valence-electron chi connectivity index (χ0n) is 10.4. The molecule has 0 aliphatic heterocycles. The number of carbonyl (C=O) groups is 1. The first kappa shape index (κ1) is 12.8. The number of carboxylic acid groups (broad SMARTS) is 1. The van der Waals surface area contributed by atoms with Crippen LogP contribution in [-0.4, -0.2) is 22.0 Å². The van der Waals surface area contributed by atoms with E-state index in [1.54, 1.807) is 17.4 Å². The van der Waals surface area contributed by atoms with Gasteiger partial charge in [0.05, 0.1) is 0 Å². The van der Waals surface area contributed by atoms with Gasteiger partial charge in [0.25, 0.3) is 0 Å². The van der Waals surface area contributed by atoms with Crippen molar-refractivity contribution in [3.05, 3.63) is 44.3 Å². The first-order valence-electron chi connectivity index (χ1n) is 6.31. The minimum absolute atomic E-state index is 0.432. The second-order valence-electron chi connectivity index (χ2n) is 4.79. The SMILES string of the molecule is O=C(O)c1ccc(CN(Cc2cccs2)C2CC2)s1. The number of carboxylic acids is 1. The predicted molar refractivity (Wildman–Crippen MR) is 77.9 cm³/mol. The van der Waals surface area contributed by atoms with E-state index < -0.39 is 5.97 Å². The maximum absolute atomic E-state index is 10.9. The largest absolute Gasteiger partial charge is 0.477 e. The van der Waals surface area contributed by atoms with E-state index in [2.05, 4.69) is 22.4 Å². The van der Waals surface area contributed by atoms with Gasteiger partial charge >= 0.3 is 5.97 Å². The molecule has 1 fully saturated rings. The summed E-state index contributed by atoms with van der Waals surface area (Å²) in [4.78, 5) is 16.3. The van der Waals surface area contributed by atoms with Crippen LogP contribution in [0.15, 0.2) is 29.6 Å². The molecule has 5 heteroatoms. The van der Waals surface area contributed by atoms with E-state index in [0.29, 0.717) is 10.9 Å².